The quantitative estimate of drug-likeness (QED) is 0.310. The third-order valence-corrected chi connectivity index (χ3v) is 11.7. The third-order valence-electron chi connectivity index (χ3n) is 11.7. The van der Waals surface area contributed by atoms with Gasteiger partial charge in [0.05, 0.1) is 43.0 Å². The van der Waals surface area contributed by atoms with E-state index in [4.69, 9.17) is 37.9 Å². The Kier molecular flexibility index (Phi) is 11.4. The Hall–Kier alpha value is -1.26. The van der Waals surface area contributed by atoms with Gasteiger partial charge < -0.3 is 53.0 Å². The maximum absolute atomic E-state index is 14.1. The van der Waals surface area contributed by atoms with Crippen LogP contribution in [0.25, 0.3) is 0 Å². The zero-order chi connectivity index (χ0) is 35.5. The predicted molar refractivity (Wildman–Crippen MR) is 172 cm³/mol. The number of hydrogen-bond acceptors (Lipinski definition) is 13. The molecule has 18 atom stereocenters. The van der Waals surface area contributed by atoms with Gasteiger partial charge in [-0.15, -0.1) is 0 Å². The van der Waals surface area contributed by atoms with Crippen LogP contribution < -0.4 is 0 Å². The van der Waals surface area contributed by atoms with E-state index < -0.39 is 90.4 Å². The first-order chi connectivity index (χ1) is 22.4. The maximum Gasteiger partial charge on any atom is 0.311 e. The summed E-state index contributed by atoms with van der Waals surface area (Å²) in [5.74, 6) is -2.41. The molecule has 5 aliphatic heterocycles. The van der Waals surface area contributed by atoms with E-state index in [1.165, 1.54) is 7.11 Å². The first-order valence-electron chi connectivity index (χ1n) is 17.7. The number of methoxy groups -OCH3 is 1. The van der Waals surface area contributed by atoms with Crippen LogP contribution in [0.15, 0.2) is 0 Å². The lowest BCUT2D eigenvalue weighted by Gasteiger charge is -2.46. The van der Waals surface area contributed by atoms with Crippen LogP contribution in [0, 0.1) is 23.7 Å². The Morgan fingerprint density at radius 3 is 2.15 bits per heavy atom. The predicted octanol–water partition coefficient (Wildman–Crippen LogP) is 2.07. The summed E-state index contributed by atoms with van der Waals surface area (Å²) in [7, 11) is 5.36. The van der Waals surface area contributed by atoms with Gasteiger partial charge in [-0.2, -0.15) is 0 Å². The molecule has 0 aromatic heterocycles. The van der Waals surface area contributed by atoms with Crippen LogP contribution in [0.4, 0.5) is 0 Å². The first kappa shape index (κ1) is 38.0. The fourth-order valence-electron chi connectivity index (χ4n) is 8.29. The van der Waals surface area contributed by atoms with Crippen LogP contribution in [0.1, 0.15) is 74.7 Å². The Balaban J connectivity index is 1.51. The Morgan fingerprint density at radius 1 is 0.875 bits per heavy atom. The second-order valence-corrected chi connectivity index (χ2v) is 15.6. The molecule has 13 heteroatoms. The molecule has 5 heterocycles. The van der Waals surface area contributed by atoms with Crippen LogP contribution >= 0.6 is 0 Å². The van der Waals surface area contributed by atoms with Gasteiger partial charge in [0.2, 0.25) is 5.78 Å². The molecule has 0 aromatic carbocycles. The van der Waals surface area contributed by atoms with Gasteiger partial charge in [0.1, 0.15) is 24.4 Å². The number of fused-ring (bicyclic) bond motifs is 1. The van der Waals surface area contributed by atoms with E-state index in [2.05, 4.69) is 0 Å². The number of carbonyl (C=O) groups is 2. The number of hydrogen-bond donors (Lipinski definition) is 2. The number of carbonyl (C=O) groups excluding carboxylic acids is 2. The van der Waals surface area contributed by atoms with Crippen molar-refractivity contribution in [3.8, 4) is 0 Å². The molecule has 13 nitrogen and oxygen atoms in total. The van der Waals surface area contributed by atoms with E-state index >= 15 is 0 Å². The number of ketones is 1. The van der Waals surface area contributed by atoms with E-state index in [1.807, 2.05) is 53.6 Å². The largest absolute Gasteiger partial charge is 0.462 e. The summed E-state index contributed by atoms with van der Waals surface area (Å²) in [6.45, 7) is 15.2. The molecular formula is C35H59NO12. The van der Waals surface area contributed by atoms with Crippen LogP contribution in [-0.4, -0.2) is 139 Å². The minimum atomic E-state index is -1.05. The number of Topliss-reactive ketones (excluding diaryl/α,β-unsaturated/α-hetero) is 1. The number of aliphatic hydroxyl groups is 2. The van der Waals surface area contributed by atoms with Crippen molar-refractivity contribution in [2.45, 2.75) is 159 Å². The lowest BCUT2D eigenvalue weighted by Crippen LogP contribution is -2.57. The molecule has 1 unspecified atom stereocenters. The summed E-state index contributed by atoms with van der Waals surface area (Å²) < 4.78 is 49.4. The molecule has 5 aliphatic rings. The molecule has 5 fully saturated rings. The van der Waals surface area contributed by atoms with Crippen molar-refractivity contribution in [1.29, 1.82) is 0 Å². The van der Waals surface area contributed by atoms with Gasteiger partial charge in [-0.1, -0.05) is 20.8 Å². The summed E-state index contributed by atoms with van der Waals surface area (Å²) in [5, 5.41) is 22.1. The molecule has 0 saturated carbocycles. The molecule has 276 valence electrons. The van der Waals surface area contributed by atoms with Gasteiger partial charge >= 0.3 is 5.97 Å². The van der Waals surface area contributed by atoms with Crippen molar-refractivity contribution in [1.82, 2.24) is 4.90 Å². The fourth-order valence-corrected chi connectivity index (χ4v) is 8.29. The van der Waals surface area contributed by atoms with Crippen molar-refractivity contribution in [2.75, 3.05) is 27.8 Å². The second kappa shape index (κ2) is 14.4. The Bertz CT molecular complexity index is 1150. The molecule has 2 N–H and O–H groups in total. The number of cyclic esters (lactones) is 1. The average molecular weight is 686 g/mol. The SMILES string of the molecule is CO[C@H]1C[C@H](O[C@H]2[C@H](C)C(O[C@@H]3O[C@H](C)C[C@H](N(C)C)[C@H]3O)[C@@H](C)C[C@@]3(CO3)C(=O)[C@@]3(C)O[C@H]3[C@@H](C)[C@@H](C)OC(=O)[C@@H]2C)O[C@@H](C)[C@@H]1O. The van der Waals surface area contributed by atoms with Gasteiger partial charge in [0.25, 0.3) is 0 Å². The molecule has 0 amide bonds. The molecule has 0 radical (unpaired) electrons. The number of ether oxygens (including phenoxy) is 8. The van der Waals surface area contributed by atoms with Crippen molar-refractivity contribution in [3.63, 3.8) is 0 Å². The summed E-state index contributed by atoms with van der Waals surface area (Å²) in [4.78, 5) is 29.9. The monoisotopic (exact) mass is 685 g/mol. The molecule has 5 saturated heterocycles. The molecule has 0 aromatic rings. The van der Waals surface area contributed by atoms with E-state index in [0.29, 0.717) is 12.8 Å². The van der Waals surface area contributed by atoms with Gasteiger partial charge in [-0.3, -0.25) is 9.59 Å². The van der Waals surface area contributed by atoms with E-state index in [9.17, 15) is 19.8 Å². The van der Waals surface area contributed by atoms with Gasteiger partial charge in [0, 0.05) is 31.4 Å². The minimum Gasteiger partial charge on any atom is -0.462 e. The first-order valence-corrected chi connectivity index (χ1v) is 17.7. The van der Waals surface area contributed by atoms with Crippen molar-refractivity contribution < 1.29 is 57.7 Å². The molecule has 5 rings (SSSR count). The van der Waals surface area contributed by atoms with E-state index in [1.54, 1.807) is 20.8 Å². The second-order valence-electron chi connectivity index (χ2n) is 15.6. The summed E-state index contributed by atoms with van der Waals surface area (Å²) in [5.41, 5.74) is -2.08. The maximum atomic E-state index is 14.1. The van der Waals surface area contributed by atoms with Crippen LogP contribution in [0.2, 0.25) is 0 Å². The van der Waals surface area contributed by atoms with Gasteiger partial charge in [-0.25, -0.2) is 0 Å². The van der Waals surface area contributed by atoms with E-state index in [-0.39, 0.29) is 42.8 Å². The lowest BCUT2D eigenvalue weighted by atomic mass is 9.77. The van der Waals surface area contributed by atoms with Crippen molar-refractivity contribution in [2.24, 2.45) is 23.7 Å². The highest BCUT2D eigenvalue weighted by Crippen LogP contribution is 2.51. The fraction of sp³-hybridized carbons (Fsp3) is 0.943. The zero-order valence-electron chi connectivity index (χ0n) is 30.5. The van der Waals surface area contributed by atoms with E-state index in [0.717, 1.165) is 0 Å². The van der Waals surface area contributed by atoms with Crippen molar-refractivity contribution >= 4 is 11.8 Å². The normalized spacial score (nSPS) is 52.0. The highest BCUT2D eigenvalue weighted by Gasteiger charge is 2.70. The van der Waals surface area contributed by atoms with Crippen molar-refractivity contribution in [3.05, 3.63) is 0 Å². The number of aliphatic hydroxyl groups excluding tert-OH is 2. The van der Waals surface area contributed by atoms with Crippen LogP contribution in [0.3, 0.4) is 0 Å². The van der Waals surface area contributed by atoms with Crippen LogP contribution in [0.5, 0.6) is 0 Å². The van der Waals surface area contributed by atoms with Gasteiger partial charge in [0.15, 0.2) is 23.8 Å². The molecular weight excluding hydrogens is 626 g/mol. The number of esters is 1. The highest BCUT2D eigenvalue weighted by atomic mass is 16.7. The Labute approximate surface area is 285 Å². The topological polar surface area (TPSA) is 158 Å². The highest BCUT2D eigenvalue weighted by molar-refractivity contribution is 5.99. The van der Waals surface area contributed by atoms with Gasteiger partial charge in [-0.05, 0) is 67.5 Å². The molecule has 0 aliphatic carbocycles. The minimum absolute atomic E-state index is 0.120. The smallest absolute Gasteiger partial charge is 0.311 e. The standard InChI is InChI=1S/C35H59NO12/c1-16-14-35(15-42-35)33(40)34(8)30(48-34)18(3)21(6)45-31(39)20(5)29(46-25-13-24(41-11)26(37)22(7)44-25)19(4)28(16)47-32-27(38)23(36(9)10)12-17(2)43-32/h16-30,32,37-38H,12-15H2,1-11H3/t16-,17+,18-,19+,20+,21+,22-,23-,24-,25-,26-,27+,28?,29-,30-,32-,34-,35+/m0/s1. The average Bonchev–Trinajstić information content (AvgIpc) is 3.96. The summed E-state index contributed by atoms with van der Waals surface area (Å²) in [6.07, 6.45) is -6.05. The lowest BCUT2D eigenvalue weighted by molar-refractivity contribution is -0.299. The number of epoxide rings is 2. The van der Waals surface area contributed by atoms with Crippen LogP contribution in [-0.2, 0) is 47.5 Å². The molecule has 1 spiro atoms. The number of nitrogens with zero attached hydrogens (tertiary/aromatic N) is 1. The molecule has 48 heavy (non-hydrogen) atoms. The summed E-state index contributed by atoms with van der Waals surface area (Å²) >= 11 is 0. The zero-order valence-corrected chi connectivity index (χ0v) is 30.5. The third kappa shape index (κ3) is 7.37. The Morgan fingerprint density at radius 2 is 1.54 bits per heavy atom. The number of rotatable bonds is 6. The number of likely N-dealkylation sites (N-methyl/N-ethyl adjacent to an activating group) is 1. The molecule has 0 bridgehead atoms. The summed E-state index contributed by atoms with van der Waals surface area (Å²) in [6, 6.07) is -0.203.